The fourth-order valence-corrected chi connectivity index (χ4v) is 3.29. The van der Waals surface area contributed by atoms with Crippen LogP contribution in [0.15, 0.2) is 12.2 Å². The Balaban J connectivity index is 2.38. The summed E-state index contributed by atoms with van der Waals surface area (Å²) in [6.07, 6.45) is 5.39. The molecule has 94 valence electrons. The van der Waals surface area contributed by atoms with Crippen LogP contribution in [0.25, 0.3) is 0 Å². The van der Waals surface area contributed by atoms with Crippen LogP contribution in [0.2, 0.25) is 0 Å². The second-order valence-corrected chi connectivity index (χ2v) is 5.75. The minimum atomic E-state index is -0.877. The third-order valence-corrected chi connectivity index (χ3v) is 4.10. The van der Waals surface area contributed by atoms with Crippen LogP contribution in [0.3, 0.4) is 0 Å². The Morgan fingerprint density at radius 1 is 1.29 bits per heavy atom. The highest BCUT2D eigenvalue weighted by Crippen LogP contribution is 2.45. The summed E-state index contributed by atoms with van der Waals surface area (Å²) < 4.78 is 5.50. The van der Waals surface area contributed by atoms with Crippen molar-refractivity contribution < 1.29 is 14.3 Å². The Labute approximate surface area is 102 Å². The summed E-state index contributed by atoms with van der Waals surface area (Å²) in [5.74, 6) is 0.547. The lowest BCUT2D eigenvalue weighted by molar-refractivity contribution is -0.179. The third-order valence-electron chi connectivity index (χ3n) is 4.10. The number of hydrogen-bond acceptors (Lipinski definition) is 3. The maximum atomic E-state index is 12.2. The quantitative estimate of drug-likeness (QED) is 0.657. The minimum absolute atomic E-state index is 0.0256. The van der Waals surface area contributed by atoms with Crippen LogP contribution in [0.5, 0.6) is 0 Å². The predicted octanol–water partition coefficient (Wildman–Crippen LogP) is 2.50. The molecule has 1 heterocycles. The first-order valence-electron chi connectivity index (χ1n) is 6.41. The van der Waals surface area contributed by atoms with Crippen LogP contribution in [0.4, 0.5) is 0 Å². The van der Waals surface area contributed by atoms with E-state index >= 15 is 0 Å². The van der Waals surface area contributed by atoms with E-state index in [9.17, 15) is 9.59 Å². The molecule has 2 aliphatic rings. The fourth-order valence-electron chi connectivity index (χ4n) is 3.29. The van der Waals surface area contributed by atoms with Crippen molar-refractivity contribution in [1.29, 1.82) is 0 Å². The van der Waals surface area contributed by atoms with E-state index in [1.165, 1.54) is 12.2 Å². The van der Waals surface area contributed by atoms with E-state index in [0.717, 1.165) is 12.8 Å². The van der Waals surface area contributed by atoms with Crippen molar-refractivity contribution >= 4 is 11.8 Å². The van der Waals surface area contributed by atoms with Crippen LogP contribution < -0.4 is 0 Å². The minimum Gasteiger partial charge on any atom is -0.447 e. The number of carbonyl (C=O) groups excluding carboxylic acids is 2. The Morgan fingerprint density at radius 2 is 2.00 bits per heavy atom. The van der Waals surface area contributed by atoms with E-state index < -0.39 is 5.60 Å². The summed E-state index contributed by atoms with van der Waals surface area (Å²) in [5.41, 5.74) is -0.877. The van der Waals surface area contributed by atoms with Crippen molar-refractivity contribution in [3.8, 4) is 0 Å². The van der Waals surface area contributed by atoms with E-state index in [4.69, 9.17) is 4.74 Å². The summed E-state index contributed by atoms with van der Waals surface area (Å²) in [4.78, 5) is 23.7. The molecule has 0 aromatic rings. The van der Waals surface area contributed by atoms with Crippen molar-refractivity contribution in [1.82, 2.24) is 0 Å². The molecule has 0 bridgehead atoms. The molecule has 1 aliphatic heterocycles. The molecule has 0 radical (unpaired) electrons. The second kappa shape index (κ2) is 4.28. The van der Waals surface area contributed by atoms with Gasteiger partial charge in [0.1, 0.15) is 0 Å². The summed E-state index contributed by atoms with van der Waals surface area (Å²) in [7, 11) is 0. The predicted molar refractivity (Wildman–Crippen MR) is 64.3 cm³/mol. The van der Waals surface area contributed by atoms with Gasteiger partial charge in [0.15, 0.2) is 11.4 Å². The number of esters is 1. The van der Waals surface area contributed by atoms with E-state index in [1.54, 1.807) is 0 Å². The Kier molecular flexibility index (Phi) is 3.11. The molecule has 1 fully saturated rings. The lowest BCUT2D eigenvalue weighted by Gasteiger charge is -2.46. The molecule has 3 heteroatoms. The SMILES string of the molecule is CC1CCC(C(C)C)C2(C1)OC(=O)C=CC2=O. The van der Waals surface area contributed by atoms with Crippen molar-refractivity contribution in [3.05, 3.63) is 12.2 Å². The molecule has 0 aromatic carbocycles. The summed E-state index contributed by atoms with van der Waals surface area (Å²) in [6.45, 7) is 6.32. The molecule has 1 saturated carbocycles. The molecule has 3 nitrogen and oxygen atoms in total. The molecule has 0 saturated heterocycles. The molecule has 17 heavy (non-hydrogen) atoms. The van der Waals surface area contributed by atoms with Crippen molar-refractivity contribution in [3.63, 3.8) is 0 Å². The maximum absolute atomic E-state index is 12.2. The molecular weight excluding hydrogens is 216 g/mol. The highest BCUT2D eigenvalue weighted by molar-refractivity contribution is 6.05. The average Bonchev–Trinajstić information content (AvgIpc) is 2.23. The molecule has 3 atom stereocenters. The van der Waals surface area contributed by atoms with Crippen LogP contribution in [-0.2, 0) is 14.3 Å². The van der Waals surface area contributed by atoms with Gasteiger partial charge < -0.3 is 4.74 Å². The standard InChI is InChI=1S/C14H20O3/c1-9(2)11-5-4-10(3)8-14(11)12(15)6-7-13(16)17-14/h6-7,9-11H,4-5,8H2,1-3H3. The molecular formula is C14H20O3. The number of ketones is 1. The van der Waals surface area contributed by atoms with Crippen molar-refractivity contribution in [2.45, 2.75) is 45.6 Å². The van der Waals surface area contributed by atoms with Crippen molar-refractivity contribution in [2.24, 2.45) is 17.8 Å². The summed E-state index contributed by atoms with van der Waals surface area (Å²) >= 11 is 0. The highest BCUT2D eigenvalue weighted by atomic mass is 16.6. The van der Waals surface area contributed by atoms with Gasteiger partial charge >= 0.3 is 5.97 Å². The number of rotatable bonds is 1. The zero-order chi connectivity index (χ0) is 12.6. The van der Waals surface area contributed by atoms with Crippen LogP contribution >= 0.6 is 0 Å². The lowest BCUT2D eigenvalue weighted by Crippen LogP contribution is -2.55. The molecule has 0 amide bonds. The number of hydrogen-bond donors (Lipinski definition) is 0. The van der Waals surface area contributed by atoms with Crippen LogP contribution in [0, 0.1) is 17.8 Å². The number of carbonyl (C=O) groups is 2. The maximum Gasteiger partial charge on any atom is 0.331 e. The second-order valence-electron chi connectivity index (χ2n) is 5.75. The Hall–Kier alpha value is -1.12. The monoisotopic (exact) mass is 236 g/mol. The van der Waals surface area contributed by atoms with Gasteiger partial charge in [0.05, 0.1) is 0 Å². The average molecular weight is 236 g/mol. The molecule has 3 unspecified atom stereocenters. The smallest absolute Gasteiger partial charge is 0.331 e. The first kappa shape index (κ1) is 12.3. The van der Waals surface area contributed by atoms with Crippen LogP contribution in [-0.4, -0.2) is 17.4 Å². The topological polar surface area (TPSA) is 43.4 Å². The van der Waals surface area contributed by atoms with Crippen LogP contribution in [0.1, 0.15) is 40.0 Å². The van der Waals surface area contributed by atoms with Gasteiger partial charge in [0.25, 0.3) is 0 Å². The molecule has 1 spiro atoms. The first-order chi connectivity index (χ1) is 7.95. The first-order valence-corrected chi connectivity index (χ1v) is 6.41. The molecule has 0 aromatic heterocycles. The van der Waals surface area contributed by atoms with Crippen molar-refractivity contribution in [2.75, 3.05) is 0 Å². The Bertz CT molecular complexity index is 370. The Morgan fingerprint density at radius 3 is 2.65 bits per heavy atom. The zero-order valence-electron chi connectivity index (χ0n) is 10.7. The normalized spacial score (nSPS) is 37.6. The highest BCUT2D eigenvalue weighted by Gasteiger charge is 2.52. The fraction of sp³-hybridized carbons (Fsp3) is 0.714. The van der Waals surface area contributed by atoms with Gasteiger partial charge in [0, 0.05) is 12.0 Å². The van der Waals surface area contributed by atoms with Gasteiger partial charge in [-0.15, -0.1) is 0 Å². The van der Waals surface area contributed by atoms with E-state index in [0.29, 0.717) is 18.3 Å². The van der Waals surface area contributed by atoms with Gasteiger partial charge in [-0.05, 0) is 30.8 Å². The molecule has 0 N–H and O–H groups in total. The third kappa shape index (κ3) is 2.03. The zero-order valence-corrected chi connectivity index (χ0v) is 10.7. The molecule has 1 aliphatic carbocycles. The van der Waals surface area contributed by atoms with E-state index in [1.807, 2.05) is 0 Å². The van der Waals surface area contributed by atoms with Gasteiger partial charge in [-0.2, -0.15) is 0 Å². The van der Waals surface area contributed by atoms with Gasteiger partial charge in [0.2, 0.25) is 0 Å². The largest absolute Gasteiger partial charge is 0.447 e. The van der Waals surface area contributed by atoms with E-state index in [2.05, 4.69) is 20.8 Å². The van der Waals surface area contributed by atoms with Gasteiger partial charge in [-0.1, -0.05) is 27.2 Å². The van der Waals surface area contributed by atoms with E-state index in [-0.39, 0.29) is 17.7 Å². The van der Waals surface area contributed by atoms with Gasteiger partial charge in [-0.3, -0.25) is 4.79 Å². The van der Waals surface area contributed by atoms with Gasteiger partial charge in [-0.25, -0.2) is 4.79 Å². The summed E-state index contributed by atoms with van der Waals surface area (Å²) in [6, 6.07) is 0. The number of ether oxygens (including phenoxy) is 1. The molecule has 2 rings (SSSR count). The summed E-state index contributed by atoms with van der Waals surface area (Å²) in [5, 5.41) is 0. The lowest BCUT2D eigenvalue weighted by atomic mass is 9.64.